The van der Waals surface area contributed by atoms with E-state index in [0.29, 0.717) is 30.4 Å². The highest BCUT2D eigenvalue weighted by Gasteiger charge is 2.12. The van der Waals surface area contributed by atoms with Crippen molar-refractivity contribution < 1.29 is 4.74 Å². The van der Waals surface area contributed by atoms with Crippen LogP contribution in [-0.2, 0) is 0 Å². The molecule has 1 aromatic rings. The molecule has 0 aliphatic rings. The van der Waals surface area contributed by atoms with Gasteiger partial charge in [0, 0.05) is 23.1 Å². The molecule has 2 atom stereocenters. The highest BCUT2D eigenvalue weighted by Crippen LogP contribution is 2.15. The van der Waals surface area contributed by atoms with Crippen molar-refractivity contribution in [1.29, 1.82) is 0 Å². The Kier molecular flexibility index (Phi) is 5.68. The van der Waals surface area contributed by atoms with Gasteiger partial charge in [-0.1, -0.05) is 22.9 Å². The minimum Gasteiger partial charge on any atom is -0.478 e. The Morgan fingerprint density at radius 1 is 1.41 bits per heavy atom. The number of aryl methyl sites for hydroxylation is 1. The summed E-state index contributed by atoms with van der Waals surface area (Å²) in [5.41, 5.74) is 0.907. The SMILES string of the molecule is CCOc1cc(C)nc(NC(C)C(C)CBr)n1. The van der Waals surface area contributed by atoms with Crippen LogP contribution < -0.4 is 10.1 Å². The van der Waals surface area contributed by atoms with Crippen molar-refractivity contribution in [1.82, 2.24) is 9.97 Å². The lowest BCUT2D eigenvalue weighted by atomic mass is 10.1. The normalized spacial score (nSPS) is 14.2. The smallest absolute Gasteiger partial charge is 0.226 e. The predicted molar refractivity (Wildman–Crippen MR) is 74.0 cm³/mol. The van der Waals surface area contributed by atoms with Crippen LogP contribution in [0.1, 0.15) is 26.5 Å². The molecule has 17 heavy (non-hydrogen) atoms. The molecule has 0 spiro atoms. The van der Waals surface area contributed by atoms with Gasteiger partial charge in [0.2, 0.25) is 11.8 Å². The maximum Gasteiger partial charge on any atom is 0.226 e. The molecule has 0 aromatic carbocycles. The number of hydrogen-bond donors (Lipinski definition) is 1. The number of hydrogen-bond acceptors (Lipinski definition) is 4. The number of halogens is 1. The molecule has 2 unspecified atom stereocenters. The lowest BCUT2D eigenvalue weighted by Crippen LogP contribution is -2.26. The van der Waals surface area contributed by atoms with Gasteiger partial charge in [-0.15, -0.1) is 0 Å². The molecule has 0 fully saturated rings. The summed E-state index contributed by atoms with van der Waals surface area (Å²) >= 11 is 3.48. The second-order valence-electron chi connectivity index (χ2n) is 4.17. The Bertz CT molecular complexity index is 360. The zero-order chi connectivity index (χ0) is 12.8. The Balaban J connectivity index is 2.76. The van der Waals surface area contributed by atoms with Gasteiger partial charge in [0.15, 0.2) is 0 Å². The molecule has 0 saturated heterocycles. The third-order valence-electron chi connectivity index (χ3n) is 2.58. The lowest BCUT2D eigenvalue weighted by molar-refractivity contribution is 0.326. The first kappa shape index (κ1) is 14.2. The molecule has 0 aliphatic carbocycles. The number of alkyl halides is 1. The number of ether oxygens (including phenoxy) is 1. The van der Waals surface area contributed by atoms with Crippen LogP contribution in [0, 0.1) is 12.8 Å². The summed E-state index contributed by atoms with van der Waals surface area (Å²) in [6.45, 7) is 8.79. The number of rotatable bonds is 6. The third-order valence-corrected chi connectivity index (χ3v) is 3.60. The van der Waals surface area contributed by atoms with Gasteiger partial charge >= 0.3 is 0 Å². The molecule has 0 bridgehead atoms. The first-order valence-corrected chi connectivity index (χ1v) is 7.00. The molecule has 1 N–H and O–H groups in total. The molecule has 5 heteroatoms. The molecule has 0 amide bonds. The van der Waals surface area contributed by atoms with Gasteiger partial charge in [-0.05, 0) is 26.7 Å². The molecule has 1 rings (SSSR count). The van der Waals surface area contributed by atoms with Crippen molar-refractivity contribution >= 4 is 21.9 Å². The van der Waals surface area contributed by atoms with E-state index in [1.165, 1.54) is 0 Å². The molecule has 4 nitrogen and oxygen atoms in total. The van der Waals surface area contributed by atoms with E-state index in [9.17, 15) is 0 Å². The van der Waals surface area contributed by atoms with Gasteiger partial charge in [-0.3, -0.25) is 0 Å². The van der Waals surface area contributed by atoms with Crippen molar-refractivity contribution in [2.75, 3.05) is 17.3 Å². The van der Waals surface area contributed by atoms with E-state index in [1.54, 1.807) is 0 Å². The van der Waals surface area contributed by atoms with E-state index in [0.717, 1.165) is 11.0 Å². The summed E-state index contributed by atoms with van der Waals surface area (Å²) in [4.78, 5) is 8.68. The van der Waals surface area contributed by atoms with Gasteiger partial charge in [0.05, 0.1) is 6.61 Å². The Hall–Kier alpha value is -0.840. The monoisotopic (exact) mass is 301 g/mol. The molecule has 96 valence electrons. The van der Waals surface area contributed by atoms with Crippen LogP contribution in [-0.4, -0.2) is 27.9 Å². The zero-order valence-corrected chi connectivity index (χ0v) is 12.4. The van der Waals surface area contributed by atoms with Gasteiger partial charge in [0.25, 0.3) is 0 Å². The lowest BCUT2D eigenvalue weighted by Gasteiger charge is -2.19. The fraction of sp³-hybridized carbons (Fsp3) is 0.667. The molecular weight excluding hydrogens is 282 g/mol. The standard InChI is InChI=1S/C12H20BrN3O/c1-5-17-11-6-9(3)14-12(16-11)15-10(4)8(2)7-13/h6,8,10H,5,7H2,1-4H3,(H,14,15,16). The summed E-state index contributed by atoms with van der Waals surface area (Å²) in [5.74, 6) is 1.77. The van der Waals surface area contributed by atoms with Crippen molar-refractivity contribution in [3.05, 3.63) is 11.8 Å². The van der Waals surface area contributed by atoms with Gasteiger partial charge in [-0.2, -0.15) is 4.98 Å². The van der Waals surface area contributed by atoms with E-state index < -0.39 is 0 Å². The first-order valence-electron chi connectivity index (χ1n) is 5.87. The summed E-state index contributed by atoms with van der Waals surface area (Å²) < 4.78 is 5.40. The van der Waals surface area contributed by atoms with Crippen LogP contribution in [0.15, 0.2) is 6.07 Å². The summed E-state index contributed by atoms with van der Waals surface area (Å²) in [7, 11) is 0. The molecule has 1 heterocycles. The van der Waals surface area contributed by atoms with Crippen LogP contribution in [0.5, 0.6) is 5.88 Å². The minimum atomic E-state index is 0.311. The third kappa shape index (κ3) is 4.50. The van der Waals surface area contributed by atoms with Crippen molar-refractivity contribution in [3.63, 3.8) is 0 Å². The Labute approximate surface area is 111 Å². The largest absolute Gasteiger partial charge is 0.478 e. The van der Waals surface area contributed by atoms with E-state index >= 15 is 0 Å². The summed E-state index contributed by atoms with van der Waals surface area (Å²) in [5, 5.41) is 4.25. The van der Waals surface area contributed by atoms with Crippen molar-refractivity contribution in [2.24, 2.45) is 5.92 Å². The highest BCUT2D eigenvalue weighted by atomic mass is 79.9. The summed E-state index contributed by atoms with van der Waals surface area (Å²) in [6.07, 6.45) is 0. The number of nitrogens with zero attached hydrogens (tertiary/aromatic N) is 2. The molecular formula is C12H20BrN3O. The predicted octanol–water partition coefficient (Wildman–Crippen LogP) is 3.02. The van der Waals surface area contributed by atoms with Gasteiger partial charge in [0.1, 0.15) is 0 Å². The van der Waals surface area contributed by atoms with Crippen LogP contribution in [0.3, 0.4) is 0 Å². The van der Waals surface area contributed by atoms with E-state index in [2.05, 4.69) is 45.1 Å². The average molecular weight is 302 g/mol. The van der Waals surface area contributed by atoms with Crippen LogP contribution in [0.2, 0.25) is 0 Å². The molecule has 0 saturated carbocycles. The molecule has 0 radical (unpaired) electrons. The fourth-order valence-electron chi connectivity index (χ4n) is 1.31. The maximum absolute atomic E-state index is 5.40. The number of nitrogens with one attached hydrogen (secondary N) is 1. The number of anilines is 1. The van der Waals surface area contributed by atoms with E-state index in [4.69, 9.17) is 4.74 Å². The maximum atomic E-state index is 5.40. The fourth-order valence-corrected chi connectivity index (χ4v) is 1.87. The summed E-state index contributed by atoms with van der Waals surface area (Å²) in [6, 6.07) is 2.15. The van der Waals surface area contributed by atoms with Crippen molar-refractivity contribution in [3.8, 4) is 5.88 Å². The van der Waals surface area contributed by atoms with Crippen LogP contribution in [0.4, 0.5) is 5.95 Å². The Morgan fingerprint density at radius 3 is 2.71 bits per heavy atom. The van der Waals surface area contributed by atoms with Gasteiger partial charge < -0.3 is 10.1 Å². The second kappa shape index (κ2) is 6.79. The molecule has 0 aliphatic heterocycles. The average Bonchev–Trinajstić information content (AvgIpc) is 2.27. The van der Waals surface area contributed by atoms with Crippen molar-refractivity contribution in [2.45, 2.75) is 33.7 Å². The van der Waals surface area contributed by atoms with Crippen LogP contribution >= 0.6 is 15.9 Å². The highest BCUT2D eigenvalue weighted by molar-refractivity contribution is 9.09. The number of aromatic nitrogens is 2. The van der Waals surface area contributed by atoms with E-state index in [-0.39, 0.29) is 0 Å². The zero-order valence-electron chi connectivity index (χ0n) is 10.8. The Morgan fingerprint density at radius 2 is 2.12 bits per heavy atom. The molecule has 1 aromatic heterocycles. The topological polar surface area (TPSA) is 47.0 Å². The van der Waals surface area contributed by atoms with Crippen LogP contribution in [0.25, 0.3) is 0 Å². The quantitative estimate of drug-likeness (QED) is 0.821. The second-order valence-corrected chi connectivity index (χ2v) is 4.82. The van der Waals surface area contributed by atoms with Gasteiger partial charge in [-0.25, -0.2) is 4.98 Å². The minimum absolute atomic E-state index is 0.311. The first-order chi connectivity index (χ1) is 8.06. The van der Waals surface area contributed by atoms with E-state index in [1.807, 2.05) is 19.9 Å².